The molecule has 0 saturated carbocycles. The first-order valence-corrected chi connectivity index (χ1v) is 10.0. The van der Waals surface area contributed by atoms with Gasteiger partial charge in [0, 0.05) is 32.2 Å². The number of fused-ring (bicyclic) bond motifs is 1. The molecule has 2 aliphatic rings. The summed E-state index contributed by atoms with van der Waals surface area (Å²) >= 11 is 1.64. The summed E-state index contributed by atoms with van der Waals surface area (Å²) in [7, 11) is 2.01. The first kappa shape index (κ1) is 19.3. The van der Waals surface area contributed by atoms with Gasteiger partial charge in [-0.3, -0.25) is 4.79 Å². The molecular formula is C18H26ClN5OS. The van der Waals surface area contributed by atoms with Crippen molar-refractivity contribution in [2.45, 2.75) is 31.7 Å². The standard InChI is InChI=1S/C18H25N5OS.ClH/c1-19-14-4-8-22(9-5-14)18(24)13-3-2-7-23(11-13)16-15-6-10-25-17(15)21-12-20-16;/h6,10,12-14,19H,2-5,7-9,11H2,1H3;1H. The zero-order chi connectivity index (χ0) is 17.2. The van der Waals surface area contributed by atoms with Crippen molar-refractivity contribution in [2.75, 3.05) is 38.1 Å². The molecular weight excluding hydrogens is 370 g/mol. The molecule has 1 amide bonds. The Morgan fingerprint density at radius 1 is 1.23 bits per heavy atom. The highest BCUT2D eigenvalue weighted by Crippen LogP contribution is 2.30. The molecule has 4 heterocycles. The zero-order valence-corrected chi connectivity index (χ0v) is 16.7. The third-order valence-corrected chi connectivity index (χ3v) is 6.35. The molecule has 1 atom stereocenters. The number of rotatable bonds is 3. The second-order valence-electron chi connectivity index (χ2n) is 7.01. The first-order valence-electron chi connectivity index (χ1n) is 9.15. The van der Waals surface area contributed by atoms with E-state index in [0.717, 1.165) is 67.9 Å². The zero-order valence-electron chi connectivity index (χ0n) is 15.1. The van der Waals surface area contributed by atoms with Gasteiger partial charge in [-0.1, -0.05) is 0 Å². The fourth-order valence-electron chi connectivity index (χ4n) is 4.05. The molecule has 4 rings (SSSR count). The van der Waals surface area contributed by atoms with Crippen LogP contribution in [-0.4, -0.2) is 60.0 Å². The number of carbonyl (C=O) groups is 1. The molecule has 1 N–H and O–H groups in total. The average molecular weight is 396 g/mol. The monoisotopic (exact) mass is 395 g/mol. The van der Waals surface area contributed by atoms with E-state index < -0.39 is 0 Å². The number of piperidine rings is 2. The summed E-state index contributed by atoms with van der Waals surface area (Å²) < 4.78 is 0. The van der Waals surface area contributed by atoms with Crippen molar-refractivity contribution >= 4 is 45.7 Å². The summed E-state index contributed by atoms with van der Waals surface area (Å²) in [4.78, 5) is 27.2. The van der Waals surface area contributed by atoms with E-state index >= 15 is 0 Å². The van der Waals surface area contributed by atoms with E-state index in [9.17, 15) is 4.79 Å². The minimum Gasteiger partial charge on any atom is -0.355 e. The number of carbonyl (C=O) groups excluding carboxylic acids is 1. The maximum Gasteiger partial charge on any atom is 0.227 e. The van der Waals surface area contributed by atoms with Crippen LogP contribution in [0.2, 0.25) is 0 Å². The lowest BCUT2D eigenvalue weighted by atomic mass is 9.94. The van der Waals surface area contributed by atoms with Crippen LogP contribution in [0.15, 0.2) is 17.8 Å². The predicted octanol–water partition coefficient (Wildman–Crippen LogP) is 2.54. The van der Waals surface area contributed by atoms with Crippen molar-refractivity contribution in [1.29, 1.82) is 0 Å². The third kappa shape index (κ3) is 3.80. The van der Waals surface area contributed by atoms with Gasteiger partial charge in [-0.15, -0.1) is 23.7 Å². The maximum absolute atomic E-state index is 13.0. The molecule has 2 aliphatic heterocycles. The van der Waals surface area contributed by atoms with E-state index in [2.05, 4.69) is 36.5 Å². The van der Waals surface area contributed by atoms with Crippen molar-refractivity contribution in [1.82, 2.24) is 20.2 Å². The Hall–Kier alpha value is -1.44. The van der Waals surface area contributed by atoms with E-state index in [0.29, 0.717) is 11.9 Å². The van der Waals surface area contributed by atoms with Gasteiger partial charge in [-0.25, -0.2) is 9.97 Å². The topological polar surface area (TPSA) is 61.4 Å². The summed E-state index contributed by atoms with van der Waals surface area (Å²) in [6.07, 6.45) is 5.78. The normalized spacial score (nSPS) is 21.7. The molecule has 0 aromatic carbocycles. The molecule has 0 aliphatic carbocycles. The number of anilines is 1. The summed E-state index contributed by atoms with van der Waals surface area (Å²) in [5, 5.41) is 6.49. The predicted molar refractivity (Wildman–Crippen MR) is 108 cm³/mol. The van der Waals surface area contributed by atoms with Gasteiger partial charge in [0.1, 0.15) is 17.0 Å². The van der Waals surface area contributed by atoms with E-state index in [4.69, 9.17) is 0 Å². The summed E-state index contributed by atoms with van der Waals surface area (Å²) in [6, 6.07) is 2.64. The van der Waals surface area contributed by atoms with E-state index in [1.54, 1.807) is 17.7 Å². The van der Waals surface area contributed by atoms with Crippen molar-refractivity contribution in [3.8, 4) is 0 Å². The lowest BCUT2D eigenvalue weighted by Crippen LogP contribution is -2.49. The number of hydrogen-bond acceptors (Lipinski definition) is 6. The number of hydrogen-bond donors (Lipinski definition) is 1. The average Bonchev–Trinajstić information content (AvgIpc) is 3.16. The van der Waals surface area contributed by atoms with Crippen LogP contribution >= 0.6 is 23.7 Å². The van der Waals surface area contributed by atoms with Crippen LogP contribution in [0, 0.1) is 5.92 Å². The fraction of sp³-hybridized carbons (Fsp3) is 0.611. The first-order chi connectivity index (χ1) is 12.3. The Balaban J connectivity index is 0.00000196. The van der Waals surface area contributed by atoms with Gasteiger partial charge in [-0.05, 0) is 44.2 Å². The third-order valence-electron chi connectivity index (χ3n) is 5.53. The molecule has 2 aromatic rings. The van der Waals surface area contributed by atoms with Crippen LogP contribution in [0.1, 0.15) is 25.7 Å². The number of nitrogens with one attached hydrogen (secondary N) is 1. The highest BCUT2D eigenvalue weighted by Gasteiger charge is 2.32. The number of likely N-dealkylation sites (tertiary alicyclic amines) is 1. The number of thiophene rings is 1. The molecule has 0 bridgehead atoms. The molecule has 142 valence electrons. The van der Waals surface area contributed by atoms with Gasteiger partial charge in [0.05, 0.1) is 11.3 Å². The van der Waals surface area contributed by atoms with Crippen molar-refractivity contribution < 1.29 is 4.79 Å². The number of aromatic nitrogens is 2. The molecule has 1 unspecified atom stereocenters. The van der Waals surface area contributed by atoms with Gasteiger partial charge in [0.25, 0.3) is 0 Å². The smallest absolute Gasteiger partial charge is 0.227 e. The van der Waals surface area contributed by atoms with Crippen LogP contribution in [0.25, 0.3) is 10.2 Å². The lowest BCUT2D eigenvalue weighted by molar-refractivity contribution is -0.136. The fourth-order valence-corrected chi connectivity index (χ4v) is 4.77. The molecule has 8 heteroatoms. The minimum absolute atomic E-state index is 0. The summed E-state index contributed by atoms with van der Waals surface area (Å²) in [5.41, 5.74) is 0. The van der Waals surface area contributed by atoms with Crippen LogP contribution in [0.5, 0.6) is 0 Å². The van der Waals surface area contributed by atoms with Crippen LogP contribution in [0.3, 0.4) is 0 Å². The Kier molecular flexibility index (Phi) is 6.32. The van der Waals surface area contributed by atoms with E-state index in [-0.39, 0.29) is 18.3 Å². The van der Waals surface area contributed by atoms with Gasteiger partial charge in [0.15, 0.2) is 0 Å². The van der Waals surface area contributed by atoms with Crippen molar-refractivity contribution in [3.63, 3.8) is 0 Å². The molecule has 0 spiro atoms. The SMILES string of the molecule is CNC1CCN(C(=O)C2CCCN(c3ncnc4sccc34)C2)CC1.Cl. The van der Waals surface area contributed by atoms with Crippen LogP contribution in [0.4, 0.5) is 5.82 Å². The van der Waals surface area contributed by atoms with Gasteiger partial charge in [-0.2, -0.15) is 0 Å². The highest BCUT2D eigenvalue weighted by molar-refractivity contribution is 7.16. The van der Waals surface area contributed by atoms with E-state index in [1.807, 2.05) is 7.05 Å². The van der Waals surface area contributed by atoms with Gasteiger partial charge < -0.3 is 15.1 Å². The minimum atomic E-state index is 0. The van der Waals surface area contributed by atoms with E-state index in [1.165, 1.54) is 0 Å². The molecule has 2 fully saturated rings. The Morgan fingerprint density at radius 2 is 2.04 bits per heavy atom. The van der Waals surface area contributed by atoms with Crippen molar-refractivity contribution in [2.24, 2.45) is 5.92 Å². The molecule has 26 heavy (non-hydrogen) atoms. The lowest BCUT2D eigenvalue weighted by Gasteiger charge is -2.38. The molecule has 2 aromatic heterocycles. The van der Waals surface area contributed by atoms with Crippen LogP contribution < -0.4 is 10.2 Å². The molecule has 6 nitrogen and oxygen atoms in total. The largest absolute Gasteiger partial charge is 0.355 e. The van der Waals surface area contributed by atoms with Crippen LogP contribution in [-0.2, 0) is 4.79 Å². The number of nitrogens with zero attached hydrogens (tertiary/aromatic N) is 4. The second kappa shape index (κ2) is 8.50. The number of halogens is 1. The Labute approximate surface area is 164 Å². The van der Waals surface area contributed by atoms with Gasteiger partial charge in [0.2, 0.25) is 5.91 Å². The second-order valence-corrected chi connectivity index (χ2v) is 7.90. The highest BCUT2D eigenvalue weighted by atomic mass is 35.5. The Bertz CT molecular complexity index is 746. The summed E-state index contributed by atoms with van der Waals surface area (Å²) in [6.45, 7) is 3.49. The molecule has 0 radical (unpaired) electrons. The van der Waals surface area contributed by atoms with Gasteiger partial charge >= 0.3 is 0 Å². The Morgan fingerprint density at radius 3 is 2.81 bits per heavy atom. The van der Waals surface area contributed by atoms with Crippen molar-refractivity contribution in [3.05, 3.63) is 17.8 Å². The number of amides is 1. The quantitative estimate of drug-likeness (QED) is 0.865. The molecule has 2 saturated heterocycles. The summed E-state index contributed by atoms with van der Waals surface area (Å²) in [5.74, 6) is 1.40. The maximum atomic E-state index is 13.0.